The molecule has 0 radical (unpaired) electrons. The molecule has 1 saturated heterocycles. The summed E-state index contributed by atoms with van der Waals surface area (Å²) in [6.07, 6.45) is 2.22. The van der Waals surface area contributed by atoms with Crippen LogP contribution in [0.4, 0.5) is 0 Å². The zero-order valence-corrected chi connectivity index (χ0v) is 11.7. The van der Waals surface area contributed by atoms with Crippen LogP contribution in [0.15, 0.2) is 24.3 Å². The summed E-state index contributed by atoms with van der Waals surface area (Å²) in [5.74, 6) is 0.509. The molecular weight excluding hydrogens is 256 g/mol. The Balaban J connectivity index is 2.05. The molecule has 0 bridgehead atoms. The van der Waals surface area contributed by atoms with Crippen LogP contribution in [-0.4, -0.2) is 36.4 Å². The normalized spacial score (nSPS) is 18.6. The Bertz CT molecular complexity index is 502. The predicted molar refractivity (Wildman–Crippen MR) is 75.4 cm³/mol. The number of primary amides is 1. The highest BCUT2D eigenvalue weighted by molar-refractivity contribution is 5.94. The minimum atomic E-state index is -0.536. The number of nitrogens with zero attached hydrogens (tertiary/aromatic N) is 1. The van der Waals surface area contributed by atoms with Gasteiger partial charge in [-0.1, -0.05) is 13.0 Å². The van der Waals surface area contributed by atoms with Gasteiger partial charge in [-0.2, -0.15) is 0 Å². The molecule has 5 nitrogen and oxygen atoms in total. The number of amides is 2. The van der Waals surface area contributed by atoms with E-state index in [4.69, 9.17) is 10.5 Å². The Kier molecular flexibility index (Phi) is 4.61. The maximum absolute atomic E-state index is 12.4. The highest BCUT2D eigenvalue weighted by Gasteiger charge is 2.22. The van der Waals surface area contributed by atoms with Gasteiger partial charge in [0.2, 0.25) is 0 Å². The van der Waals surface area contributed by atoms with Gasteiger partial charge in [0.15, 0.2) is 6.61 Å². The molecule has 20 heavy (non-hydrogen) atoms. The Hall–Kier alpha value is -2.04. The maximum Gasteiger partial charge on any atom is 0.255 e. The van der Waals surface area contributed by atoms with Crippen LogP contribution in [0.1, 0.15) is 30.1 Å². The van der Waals surface area contributed by atoms with Crippen molar-refractivity contribution >= 4 is 11.8 Å². The first kappa shape index (κ1) is 14.4. The third-order valence-corrected chi connectivity index (χ3v) is 3.41. The molecule has 108 valence electrons. The summed E-state index contributed by atoms with van der Waals surface area (Å²) < 4.78 is 5.22. The summed E-state index contributed by atoms with van der Waals surface area (Å²) in [4.78, 5) is 25.0. The van der Waals surface area contributed by atoms with Gasteiger partial charge in [0.25, 0.3) is 11.8 Å². The third-order valence-electron chi connectivity index (χ3n) is 3.41. The van der Waals surface area contributed by atoms with Crippen molar-refractivity contribution in [1.82, 2.24) is 4.90 Å². The molecule has 0 saturated carbocycles. The molecule has 5 heteroatoms. The van der Waals surface area contributed by atoms with Crippen molar-refractivity contribution in [3.05, 3.63) is 29.8 Å². The molecule has 1 unspecified atom stereocenters. The van der Waals surface area contributed by atoms with Crippen molar-refractivity contribution in [2.75, 3.05) is 19.7 Å². The summed E-state index contributed by atoms with van der Waals surface area (Å²) >= 11 is 0. The Morgan fingerprint density at radius 1 is 1.45 bits per heavy atom. The van der Waals surface area contributed by atoms with Crippen LogP contribution in [0.2, 0.25) is 0 Å². The zero-order valence-electron chi connectivity index (χ0n) is 11.7. The van der Waals surface area contributed by atoms with Crippen LogP contribution in [-0.2, 0) is 4.79 Å². The summed E-state index contributed by atoms with van der Waals surface area (Å²) in [5, 5.41) is 0. The van der Waals surface area contributed by atoms with Gasteiger partial charge in [0, 0.05) is 18.7 Å². The molecule has 1 aliphatic rings. The lowest BCUT2D eigenvalue weighted by Crippen LogP contribution is -2.39. The smallest absolute Gasteiger partial charge is 0.255 e. The molecule has 1 fully saturated rings. The second kappa shape index (κ2) is 6.41. The number of benzene rings is 1. The van der Waals surface area contributed by atoms with Crippen molar-refractivity contribution in [3.63, 3.8) is 0 Å². The average molecular weight is 276 g/mol. The Morgan fingerprint density at radius 3 is 2.95 bits per heavy atom. The molecule has 1 aliphatic heterocycles. The largest absolute Gasteiger partial charge is 0.484 e. The van der Waals surface area contributed by atoms with Crippen molar-refractivity contribution in [2.24, 2.45) is 11.7 Å². The van der Waals surface area contributed by atoms with Crippen LogP contribution in [0, 0.1) is 5.92 Å². The zero-order chi connectivity index (χ0) is 14.5. The van der Waals surface area contributed by atoms with Gasteiger partial charge < -0.3 is 15.4 Å². The fraction of sp³-hybridized carbons (Fsp3) is 0.467. The highest BCUT2D eigenvalue weighted by atomic mass is 16.5. The summed E-state index contributed by atoms with van der Waals surface area (Å²) in [6, 6.07) is 6.87. The molecule has 1 aromatic rings. The van der Waals surface area contributed by atoms with Crippen LogP contribution in [0.5, 0.6) is 5.75 Å². The Morgan fingerprint density at radius 2 is 2.25 bits per heavy atom. The van der Waals surface area contributed by atoms with Gasteiger partial charge >= 0.3 is 0 Å². The molecule has 2 rings (SSSR count). The van der Waals surface area contributed by atoms with E-state index >= 15 is 0 Å². The van der Waals surface area contributed by atoms with Gasteiger partial charge in [-0.05, 0) is 37.0 Å². The van der Waals surface area contributed by atoms with Crippen molar-refractivity contribution in [3.8, 4) is 5.75 Å². The minimum absolute atomic E-state index is 0.0149. The number of carbonyl (C=O) groups is 2. The highest BCUT2D eigenvalue weighted by Crippen LogP contribution is 2.20. The summed E-state index contributed by atoms with van der Waals surface area (Å²) in [6.45, 7) is 3.57. The van der Waals surface area contributed by atoms with E-state index in [1.807, 2.05) is 4.90 Å². The number of carbonyl (C=O) groups excluding carboxylic acids is 2. The second-order valence-electron chi connectivity index (χ2n) is 5.28. The van der Waals surface area contributed by atoms with E-state index in [9.17, 15) is 9.59 Å². The first-order valence-electron chi connectivity index (χ1n) is 6.86. The third kappa shape index (κ3) is 3.73. The number of nitrogens with two attached hydrogens (primary N) is 1. The standard InChI is InChI=1S/C15H20N2O3/c1-11-4-3-7-17(9-11)15(19)12-5-2-6-13(8-12)20-10-14(16)18/h2,5-6,8,11H,3-4,7,9-10H2,1H3,(H2,16,18). The van der Waals surface area contributed by atoms with E-state index < -0.39 is 5.91 Å². The quantitative estimate of drug-likeness (QED) is 0.904. The van der Waals surface area contributed by atoms with Gasteiger partial charge in [-0.15, -0.1) is 0 Å². The average Bonchev–Trinajstić information content (AvgIpc) is 2.44. The van der Waals surface area contributed by atoms with E-state index in [0.717, 1.165) is 19.5 Å². The number of hydrogen-bond donors (Lipinski definition) is 1. The molecule has 0 spiro atoms. The van der Waals surface area contributed by atoms with E-state index in [1.165, 1.54) is 6.42 Å². The van der Waals surface area contributed by atoms with Gasteiger partial charge in [0.1, 0.15) is 5.75 Å². The molecule has 1 atom stereocenters. The van der Waals surface area contributed by atoms with E-state index in [2.05, 4.69) is 6.92 Å². The maximum atomic E-state index is 12.4. The predicted octanol–water partition coefficient (Wildman–Crippen LogP) is 1.42. The van der Waals surface area contributed by atoms with Crippen molar-refractivity contribution < 1.29 is 14.3 Å². The minimum Gasteiger partial charge on any atom is -0.484 e. The molecule has 0 aromatic heterocycles. The SMILES string of the molecule is CC1CCCN(C(=O)c2cccc(OCC(N)=O)c2)C1. The molecule has 1 aromatic carbocycles. The molecular formula is C15H20N2O3. The lowest BCUT2D eigenvalue weighted by Gasteiger charge is -2.31. The van der Waals surface area contributed by atoms with E-state index in [1.54, 1.807) is 24.3 Å². The number of piperidine rings is 1. The van der Waals surface area contributed by atoms with E-state index in [0.29, 0.717) is 17.2 Å². The number of ether oxygens (including phenoxy) is 1. The summed E-state index contributed by atoms with van der Waals surface area (Å²) in [7, 11) is 0. The Labute approximate surface area is 118 Å². The second-order valence-corrected chi connectivity index (χ2v) is 5.28. The van der Waals surface area contributed by atoms with Gasteiger partial charge in [0.05, 0.1) is 0 Å². The van der Waals surface area contributed by atoms with Crippen LogP contribution in [0.3, 0.4) is 0 Å². The van der Waals surface area contributed by atoms with Gasteiger partial charge in [-0.3, -0.25) is 9.59 Å². The fourth-order valence-corrected chi connectivity index (χ4v) is 2.43. The van der Waals surface area contributed by atoms with E-state index in [-0.39, 0.29) is 12.5 Å². The molecule has 2 N–H and O–H groups in total. The molecule has 0 aliphatic carbocycles. The van der Waals surface area contributed by atoms with Crippen molar-refractivity contribution in [2.45, 2.75) is 19.8 Å². The van der Waals surface area contributed by atoms with Crippen LogP contribution in [0.25, 0.3) is 0 Å². The number of rotatable bonds is 4. The summed E-state index contributed by atoms with van der Waals surface area (Å²) in [5.41, 5.74) is 5.62. The first-order valence-corrected chi connectivity index (χ1v) is 6.86. The van der Waals surface area contributed by atoms with Crippen LogP contribution < -0.4 is 10.5 Å². The topological polar surface area (TPSA) is 72.6 Å². The fourth-order valence-electron chi connectivity index (χ4n) is 2.43. The first-order chi connectivity index (χ1) is 9.56. The number of hydrogen-bond acceptors (Lipinski definition) is 3. The molecule has 1 heterocycles. The number of likely N-dealkylation sites (tertiary alicyclic amines) is 1. The lowest BCUT2D eigenvalue weighted by atomic mass is 9.99. The monoisotopic (exact) mass is 276 g/mol. The van der Waals surface area contributed by atoms with Crippen molar-refractivity contribution in [1.29, 1.82) is 0 Å². The lowest BCUT2D eigenvalue weighted by molar-refractivity contribution is -0.119. The van der Waals surface area contributed by atoms with Crippen LogP contribution >= 0.6 is 0 Å². The van der Waals surface area contributed by atoms with Gasteiger partial charge in [-0.25, -0.2) is 0 Å². The molecule has 2 amide bonds.